The van der Waals surface area contributed by atoms with Gasteiger partial charge in [-0.15, -0.1) is 5.10 Å². The molecule has 7 heteroatoms. The van der Waals surface area contributed by atoms with Gasteiger partial charge in [-0.2, -0.15) is 0 Å². The van der Waals surface area contributed by atoms with Crippen LogP contribution in [0, 0.1) is 6.92 Å². The first-order chi connectivity index (χ1) is 11.5. The van der Waals surface area contributed by atoms with Crippen molar-refractivity contribution in [3.05, 3.63) is 58.7 Å². The highest BCUT2D eigenvalue weighted by atomic mass is 35.5. The number of aromatic nitrogens is 3. The second-order valence-corrected chi connectivity index (χ2v) is 5.63. The number of rotatable bonds is 4. The monoisotopic (exact) mass is 343 g/mol. The van der Waals surface area contributed by atoms with Crippen molar-refractivity contribution in [2.45, 2.75) is 6.92 Å². The van der Waals surface area contributed by atoms with E-state index in [4.69, 9.17) is 16.3 Å². The Bertz CT molecular complexity index is 921. The third kappa shape index (κ3) is 2.83. The van der Waals surface area contributed by atoms with Crippen LogP contribution in [0.15, 0.2) is 42.5 Å². The van der Waals surface area contributed by atoms with Crippen LogP contribution < -0.4 is 4.74 Å². The van der Waals surface area contributed by atoms with Crippen molar-refractivity contribution in [2.24, 2.45) is 0 Å². The molecule has 6 nitrogen and oxygen atoms in total. The third-order valence-corrected chi connectivity index (χ3v) is 3.77. The average molecular weight is 344 g/mol. The number of hydrogen-bond acceptors (Lipinski definition) is 4. The number of methoxy groups -OCH3 is 1. The molecule has 0 atom stereocenters. The number of carboxylic acids is 1. The Balaban J connectivity index is 2.31. The Morgan fingerprint density at radius 3 is 2.71 bits per heavy atom. The van der Waals surface area contributed by atoms with Crippen LogP contribution in [0.3, 0.4) is 0 Å². The SMILES string of the molecule is COc1ccc(Cl)cc1-n1nnc(C(=O)O)c1-c1cccc(C)c1. The molecule has 0 fully saturated rings. The number of hydrogen-bond donors (Lipinski definition) is 1. The number of ether oxygens (including phenoxy) is 1. The molecular formula is C17H14ClN3O3. The molecule has 0 saturated heterocycles. The van der Waals surface area contributed by atoms with E-state index in [1.165, 1.54) is 11.8 Å². The minimum absolute atomic E-state index is 0.136. The van der Waals surface area contributed by atoms with E-state index in [0.29, 0.717) is 27.7 Å². The van der Waals surface area contributed by atoms with Gasteiger partial charge < -0.3 is 9.84 Å². The van der Waals surface area contributed by atoms with Gasteiger partial charge in [0.25, 0.3) is 0 Å². The lowest BCUT2D eigenvalue weighted by molar-refractivity contribution is 0.0691. The van der Waals surface area contributed by atoms with Gasteiger partial charge in [0.2, 0.25) is 0 Å². The summed E-state index contributed by atoms with van der Waals surface area (Å²) >= 11 is 6.08. The van der Waals surface area contributed by atoms with Crippen LogP contribution in [0.1, 0.15) is 16.1 Å². The fourth-order valence-corrected chi connectivity index (χ4v) is 2.64. The van der Waals surface area contributed by atoms with Crippen LogP contribution in [-0.2, 0) is 0 Å². The van der Waals surface area contributed by atoms with E-state index >= 15 is 0 Å². The van der Waals surface area contributed by atoms with Crippen molar-refractivity contribution >= 4 is 17.6 Å². The number of aryl methyl sites for hydroxylation is 1. The molecule has 0 aliphatic rings. The molecule has 1 heterocycles. The lowest BCUT2D eigenvalue weighted by Crippen LogP contribution is -2.05. The summed E-state index contributed by atoms with van der Waals surface area (Å²) in [6, 6.07) is 12.5. The van der Waals surface area contributed by atoms with Crippen molar-refractivity contribution < 1.29 is 14.6 Å². The van der Waals surface area contributed by atoms with Crippen LogP contribution >= 0.6 is 11.6 Å². The third-order valence-electron chi connectivity index (χ3n) is 3.53. The first-order valence-corrected chi connectivity index (χ1v) is 7.49. The van der Waals surface area contributed by atoms with Gasteiger partial charge in [0.15, 0.2) is 5.69 Å². The van der Waals surface area contributed by atoms with Gasteiger partial charge in [-0.1, -0.05) is 40.6 Å². The average Bonchev–Trinajstić information content (AvgIpc) is 3.00. The molecule has 122 valence electrons. The summed E-state index contributed by atoms with van der Waals surface area (Å²) < 4.78 is 6.78. The summed E-state index contributed by atoms with van der Waals surface area (Å²) in [4.78, 5) is 11.6. The van der Waals surface area contributed by atoms with Gasteiger partial charge >= 0.3 is 5.97 Å². The standard InChI is InChI=1S/C17H14ClN3O3/c1-10-4-3-5-11(8-10)16-15(17(22)23)19-20-21(16)13-9-12(18)6-7-14(13)24-2/h3-9H,1-2H3,(H,22,23). The number of halogens is 1. The molecule has 0 bridgehead atoms. The van der Waals surface area contributed by atoms with Gasteiger partial charge in [0, 0.05) is 10.6 Å². The van der Waals surface area contributed by atoms with Crippen molar-refractivity contribution in [1.29, 1.82) is 0 Å². The molecule has 3 aromatic rings. The smallest absolute Gasteiger partial charge is 0.358 e. The summed E-state index contributed by atoms with van der Waals surface area (Å²) in [5.41, 5.74) is 2.44. The van der Waals surface area contributed by atoms with Crippen LogP contribution in [0.2, 0.25) is 5.02 Å². The summed E-state index contributed by atoms with van der Waals surface area (Å²) in [6.45, 7) is 1.93. The van der Waals surface area contributed by atoms with Crippen LogP contribution in [-0.4, -0.2) is 33.2 Å². The van der Waals surface area contributed by atoms with Crippen LogP contribution in [0.4, 0.5) is 0 Å². The largest absolute Gasteiger partial charge is 0.494 e. The summed E-state index contributed by atoms with van der Waals surface area (Å²) in [5, 5.41) is 17.8. The molecule has 0 saturated carbocycles. The van der Waals surface area contributed by atoms with Gasteiger partial charge in [0.1, 0.15) is 17.1 Å². The molecule has 0 amide bonds. The summed E-state index contributed by atoms with van der Waals surface area (Å²) in [7, 11) is 1.52. The Hall–Kier alpha value is -2.86. The topological polar surface area (TPSA) is 77.2 Å². The molecule has 1 N–H and O–H groups in total. The maximum atomic E-state index is 11.6. The lowest BCUT2D eigenvalue weighted by atomic mass is 10.1. The zero-order valence-electron chi connectivity index (χ0n) is 13.0. The van der Waals surface area contributed by atoms with E-state index < -0.39 is 5.97 Å². The van der Waals surface area contributed by atoms with Crippen molar-refractivity contribution in [2.75, 3.05) is 7.11 Å². The van der Waals surface area contributed by atoms with Crippen LogP contribution in [0.25, 0.3) is 16.9 Å². The first kappa shape index (κ1) is 16.0. The quantitative estimate of drug-likeness (QED) is 0.783. The Labute approximate surface area is 143 Å². The first-order valence-electron chi connectivity index (χ1n) is 7.11. The molecule has 0 radical (unpaired) electrons. The number of carboxylic acid groups (broad SMARTS) is 1. The molecule has 0 unspecified atom stereocenters. The minimum Gasteiger partial charge on any atom is -0.494 e. The zero-order chi connectivity index (χ0) is 17.3. The number of carbonyl (C=O) groups is 1. The molecular weight excluding hydrogens is 330 g/mol. The molecule has 24 heavy (non-hydrogen) atoms. The van der Waals surface area contributed by atoms with Crippen LogP contribution in [0.5, 0.6) is 5.75 Å². The van der Waals surface area contributed by atoms with E-state index in [2.05, 4.69) is 10.3 Å². The molecule has 0 aliphatic carbocycles. The van der Waals surface area contributed by atoms with Crippen molar-refractivity contribution in [3.63, 3.8) is 0 Å². The van der Waals surface area contributed by atoms with E-state index in [-0.39, 0.29) is 5.69 Å². The highest BCUT2D eigenvalue weighted by Gasteiger charge is 2.23. The van der Waals surface area contributed by atoms with E-state index in [9.17, 15) is 9.90 Å². The number of benzene rings is 2. The Kier molecular flexibility index (Phi) is 4.22. The Morgan fingerprint density at radius 1 is 1.25 bits per heavy atom. The summed E-state index contributed by atoms with van der Waals surface area (Å²) in [6.07, 6.45) is 0. The van der Waals surface area contributed by atoms with Gasteiger partial charge in [-0.05, 0) is 31.2 Å². The highest BCUT2D eigenvalue weighted by Crippen LogP contribution is 2.32. The van der Waals surface area contributed by atoms with Gasteiger partial charge in [0.05, 0.1) is 7.11 Å². The van der Waals surface area contributed by atoms with Crippen molar-refractivity contribution in [3.8, 4) is 22.7 Å². The van der Waals surface area contributed by atoms with Crippen molar-refractivity contribution in [1.82, 2.24) is 15.0 Å². The maximum absolute atomic E-state index is 11.6. The second kappa shape index (κ2) is 6.33. The molecule has 2 aromatic carbocycles. The lowest BCUT2D eigenvalue weighted by Gasteiger charge is -2.12. The zero-order valence-corrected chi connectivity index (χ0v) is 13.8. The molecule has 0 spiro atoms. The predicted molar refractivity (Wildman–Crippen MR) is 90.1 cm³/mol. The summed E-state index contributed by atoms with van der Waals surface area (Å²) in [5.74, 6) is -0.645. The highest BCUT2D eigenvalue weighted by molar-refractivity contribution is 6.30. The van der Waals surface area contributed by atoms with Gasteiger partial charge in [-0.3, -0.25) is 0 Å². The van der Waals surface area contributed by atoms with E-state index in [0.717, 1.165) is 5.56 Å². The van der Waals surface area contributed by atoms with E-state index in [1.54, 1.807) is 18.2 Å². The number of aromatic carboxylic acids is 1. The second-order valence-electron chi connectivity index (χ2n) is 5.19. The molecule has 1 aromatic heterocycles. The fraction of sp³-hybridized carbons (Fsp3) is 0.118. The predicted octanol–water partition coefficient (Wildman–Crippen LogP) is 3.60. The normalized spacial score (nSPS) is 10.6. The molecule has 0 aliphatic heterocycles. The Morgan fingerprint density at radius 2 is 2.04 bits per heavy atom. The fourth-order valence-electron chi connectivity index (χ4n) is 2.47. The minimum atomic E-state index is -1.15. The molecule has 3 rings (SSSR count). The van der Waals surface area contributed by atoms with E-state index in [1.807, 2.05) is 31.2 Å². The van der Waals surface area contributed by atoms with Gasteiger partial charge in [-0.25, -0.2) is 9.48 Å². The number of nitrogens with zero attached hydrogens (tertiary/aromatic N) is 3. The maximum Gasteiger partial charge on any atom is 0.358 e.